The molecule has 124 valence electrons. The molecule has 0 fully saturated rings. The number of carbonyl (C=O) groups is 1. The minimum atomic E-state index is -0.0763. The number of likely N-dealkylation sites (N-methyl/N-ethyl adjacent to an activating group) is 1. The number of carbonyl (C=O) groups excluding carboxylic acids is 1. The molecule has 2 aromatic heterocycles. The van der Waals surface area contributed by atoms with E-state index < -0.39 is 0 Å². The van der Waals surface area contributed by atoms with Gasteiger partial charge in [0.15, 0.2) is 6.54 Å². The number of hydrogen-bond donors (Lipinski definition) is 2. The van der Waals surface area contributed by atoms with Crippen LogP contribution in [0.1, 0.15) is 22.0 Å². The average molecular weight is 358 g/mol. The molecule has 1 amide bonds. The third-order valence-electron chi connectivity index (χ3n) is 3.81. The number of quaternary nitrogens is 1. The molecule has 2 atom stereocenters. The Morgan fingerprint density at radius 1 is 1.12 bits per heavy atom. The molecular formula is C19H21N2OS2+. The maximum absolute atomic E-state index is 12.5. The van der Waals surface area contributed by atoms with Crippen molar-refractivity contribution in [2.45, 2.75) is 12.6 Å². The Bertz CT molecular complexity index is 739. The fourth-order valence-electron chi connectivity index (χ4n) is 2.71. The van der Waals surface area contributed by atoms with Crippen LogP contribution < -0.4 is 10.2 Å². The normalized spacial score (nSPS) is 13.4. The summed E-state index contributed by atoms with van der Waals surface area (Å²) in [5, 5.41) is 9.46. The number of rotatable bonds is 7. The molecule has 0 radical (unpaired) electrons. The molecule has 1 aromatic carbocycles. The molecule has 2 N–H and O–H groups in total. The SMILES string of the molecule is C[NH+](CC(=O)N[C@H](c1ccccc1)c1cccs1)Cc1ccsc1. The summed E-state index contributed by atoms with van der Waals surface area (Å²) in [6.07, 6.45) is 0. The highest BCUT2D eigenvalue weighted by Gasteiger charge is 2.19. The lowest BCUT2D eigenvalue weighted by atomic mass is 10.1. The second kappa shape index (κ2) is 8.24. The molecule has 0 saturated carbocycles. The van der Waals surface area contributed by atoms with Crippen LogP contribution >= 0.6 is 22.7 Å². The van der Waals surface area contributed by atoms with E-state index in [0.29, 0.717) is 6.54 Å². The van der Waals surface area contributed by atoms with E-state index in [1.165, 1.54) is 10.5 Å². The quantitative estimate of drug-likeness (QED) is 0.670. The molecule has 5 heteroatoms. The summed E-state index contributed by atoms with van der Waals surface area (Å²) in [7, 11) is 2.06. The molecule has 0 bridgehead atoms. The molecule has 0 spiro atoms. The van der Waals surface area contributed by atoms with Crippen molar-refractivity contribution in [3.8, 4) is 0 Å². The first-order valence-electron chi connectivity index (χ1n) is 7.92. The van der Waals surface area contributed by atoms with Gasteiger partial charge in [0.05, 0.1) is 13.1 Å². The van der Waals surface area contributed by atoms with Crippen LogP contribution in [-0.2, 0) is 11.3 Å². The Kier molecular flexibility index (Phi) is 5.80. The highest BCUT2D eigenvalue weighted by molar-refractivity contribution is 7.10. The molecule has 0 aliphatic carbocycles. The van der Waals surface area contributed by atoms with E-state index in [1.807, 2.05) is 29.6 Å². The summed E-state index contributed by atoms with van der Waals surface area (Å²) in [5.41, 5.74) is 2.40. The summed E-state index contributed by atoms with van der Waals surface area (Å²) in [6.45, 7) is 1.33. The third-order valence-corrected chi connectivity index (χ3v) is 5.48. The Balaban J connectivity index is 1.65. The van der Waals surface area contributed by atoms with Crippen molar-refractivity contribution in [2.75, 3.05) is 13.6 Å². The Morgan fingerprint density at radius 2 is 1.96 bits per heavy atom. The smallest absolute Gasteiger partial charge is 0.275 e. The van der Waals surface area contributed by atoms with Gasteiger partial charge in [-0.3, -0.25) is 4.79 Å². The van der Waals surface area contributed by atoms with Crippen LogP contribution in [0.3, 0.4) is 0 Å². The number of amides is 1. The topological polar surface area (TPSA) is 33.5 Å². The number of hydrogen-bond acceptors (Lipinski definition) is 3. The monoisotopic (exact) mass is 357 g/mol. The van der Waals surface area contributed by atoms with Gasteiger partial charge in [-0.15, -0.1) is 11.3 Å². The molecular weight excluding hydrogens is 336 g/mol. The second-order valence-corrected chi connectivity index (χ2v) is 7.63. The van der Waals surface area contributed by atoms with Crippen LogP contribution in [0, 0.1) is 0 Å². The molecule has 0 saturated heterocycles. The summed E-state index contributed by atoms with van der Waals surface area (Å²) >= 11 is 3.36. The maximum Gasteiger partial charge on any atom is 0.275 e. The van der Waals surface area contributed by atoms with Gasteiger partial charge in [0, 0.05) is 10.4 Å². The van der Waals surface area contributed by atoms with Crippen molar-refractivity contribution < 1.29 is 9.69 Å². The predicted octanol–water partition coefficient (Wildman–Crippen LogP) is 2.73. The summed E-state index contributed by atoms with van der Waals surface area (Å²) in [6, 6.07) is 16.3. The fourth-order valence-corrected chi connectivity index (χ4v) is 4.18. The molecule has 24 heavy (non-hydrogen) atoms. The highest BCUT2D eigenvalue weighted by Crippen LogP contribution is 2.25. The van der Waals surface area contributed by atoms with E-state index in [-0.39, 0.29) is 11.9 Å². The van der Waals surface area contributed by atoms with Crippen LogP contribution in [0.2, 0.25) is 0 Å². The van der Waals surface area contributed by atoms with Crippen LogP contribution in [0.5, 0.6) is 0 Å². The minimum Gasteiger partial charge on any atom is -0.339 e. The number of thiophene rings is 2. The first-order chi connectivity index (χ1) is 11.7. The summed E-state index contributed by atoms with van der Waals surface area (Å²) < 4.78 is 0. The van der Waals surface area contributed by atoms with Gasteiger partial charge < -0.3 is 10.2 Å². The van der Waals surface area contributed by atoms with E-state index in [0.717, 1.165) is 17.0 Å². The maximum atomic E-state index is 12.5. The third kappa shape index (κ3) is 4.54. The lowest BCUT2D eigenvalue weighted by Gasteiger charge is -2.19. The summed E-state index contributed by atoms with van der Waals surface area (Å²) in [5.74, 6) is 0.0741. The Hall–Kier alpha value is -1.95. The number of nitrogens with one attached hydrogen (secondary N) is 2. The van der Waals surface area contributed by atoms with Crippen LogP contribution in [0.25, 0.3) is 0 Å². The lowest BCUT2D eigenvalue weighted by molar-refractivity contribution is -0.885. The molecule has 1 unspecified atom stereocenters. The zero-order valence-corrected chi connectivity index (χ0v) is 15.2. The second-order valence-electron chi connectivity index (χ2n) is 5.87. The molecule has 0 aliphatic heterocycles. The molecule has 2 heterocycles. The first kappa shape index (κ1) is 16.9. The van der Waals surface area contributed by atoms with Crippen LogP contribution in [-0.4, -0.2) is 19.5 Å². The predicted molar refractivity (Wildman–Crippen MR) is 101 cm³/mol. The van der Waals surface area contributed by atoms with E-state index in [4.69, 9.17) is 0 Å². The zero-order valence-electron chi connectivity index (χ0n) is 13.6. The largest absolute Gasteiger partial charge is 0.339 e. The van der Waals surface area contributed by atoms with Gasteiger partial charge >= 0.3 is 0 Å². The standard InChI is InChI=1S/C19H20N2OS2/c1-21(12-15-9-11-23-14-15)13-18(22)20-19(17-8-5-10-24-17)16-6-3-2-4-7-16/h2-11,14,19H,12-13H2,1H3,(H,20,22)/p+1/t19-/m1/s1. The summed E-state index contributed by atoms with van der Waals surface area (Å²) in [4.78, 5) is 14.9. The van der Waals surface area contributed by atoms with Crippen LogP contribution in [0.15, 0.2) is 64.7 Å². The minimum absolute atomic E-state index is 0.0741. The van der Waals surface area contributed by atoms with Crippen molar-refractivity contribution >= 4 is 28.6 Å². The van der Waals surface area contributed by atoms with Crippen molar-refractivity contribution in [3.63, 3.8) is 0 Å². The molecule has 3 aromatic rings. The zero-order chi connectivity index (χ0) is 16.8. The Labute approximate surface area is 150 Å². The van der Waals surface area contributed by atoms with Gasteiger partial charge in [-0.2, -0.15) is 11.3 Å². The van der Waals surface area contributed by atoms with Crippen LogP contribution in [0.4, 0.5) is 0 Å². The van der Waals surface area contributed by atoms with Crippen molar-refractivity contribution in [2.24, 2.45) is 0 Å². The van der Waals surface area contributed by atoms with Gasteiger partial charge in [-0.05, 0) is 33.8 Å². The van der Waals surface area contributed by atoms with Gasteiger partial charge in [-0.25, -0.2) is 0 Å². The van der Waals surface area contributed by atoms with Crippen molar-refractivity contribution in [1.82, 2.24) is 5.32 Å². The molecule has 3 nitrogen and oxygen atoms in total. The van der Waals surface area contributed by atoms with Gasteiger partial charge in [-0.1, -0.05) is 36.4 Å². The van der Waals surface area contributed by atoms with Crippen molar-refractivity contribution in [1.29, 1.82) is 0 Å². The highest BCUT2D eigenvalue weighted by atomic mass is 32.1. The van der Waals surface area contributed by atoms with Gasteiger partial charge in [0.2, 0.25) is 0 Å². The van der Waals surface area contributed by atoms with E-state index >= 15 is 0 Å². The molecule has 0 aliphatic rings. The molecule has 3 rings (SSSR count). The van der Waals surface area contributed by atoms with Gasteiger partial charge in [0.1, 0.15) is 6.54 Å². The van der Waals surface area contributed by atoms with Crippen molar-refractivity contribution in [3.05, 3.63) is 80.7 Å². The van der Waals surface area contributed by atoms with E-state index in [2.05, 4.69) is 47.4 Å². The van der Waals surface area contributed by atoms with E-state index in [9.17, 15) is 4.79 Å². The lowest BCUT2D eigenvalue weighted by Crippen LogP contribution is -3.08. The Morgan fingerprint density at radius 3 is 2.62 bits per heavy atom. The average Bonchev–Trinajstić information content (AvgIpc) is 3.27. The fraction of sp³-hybridized carbons (Fsp3) is 0.211. The van der Waals surface area contributed by atoms with E-state index in [1.54, 1.807) is 22.7 Å². The number of benzene rings is 1. The van der Waals surface area contributed by atoms with Gasteiger partial charge in [0.25, 0.3) is 5.91 Å². The first-order valence-corrected chi connectivity index (χ1v) is 9.74.